The molecule has 0 radical (unpaired) electrons. The third kappa shape index (κ3) is 2.43. The fraction of sp³-hybridized carbons (Fsp3) is 1.00. The van der Waals surface area contributed by atoms with Gasteiger partial charge in [0.15, 0.2) is 0 Å². The van der Waals surface area contributed by atoms with E-state index in [2.05, 4.69) is 11.8 Å². The average molecular weight is 159 g/mol. The Labute approximate surface area is 68.0 Å². The van der Waals surface area contributed by atoms with Crippen molar-refractivity contribution in [1.82, 2.24) is 4.90 Å². The Bertz CT molecular complexity index is 107. The summed E-state index contributed by atoms with van der Waals surface area (Å²) < 4.78 is 5.48. The van der Waals surface area contributed by atoms with Crippen LogP contribution in [0.15, 0.2) is 0 Å². The average Bonchev–Trinajstić information content (AvgIpc) is 2.03. The van der Waals surface area contributed by atoms with Crippen molar-refractivity contribution in [3.63, 3.8) is 0 Å². The van der Waals surface area contributed by atoms with Crippen LogP contribution in [-0.2, 0) is 4.74 Å². The maximum Gasteiger partial charge on any atom is 0.0936 e. The molecule has 1 rings (SSSR count). The van der Waals surface area contributed by atoms with E-state index in [9.17, 15) is 0 Å². The smallest absolute Gasteiger partial charge is 0.0936 e. The number of morpholine rings is 1. The van der Waals surface area contributed by atoms with Crippen molar-refractivity contribution >= 4 is 0 Å². The van der Waals surface area contributed by atoms with Crippen LogP contribution < -0.4 is 0 Å². The summed E-state index contributed by atoms with van der Waals surface area (Å²) >= 11 is 0. The molecule has 0 aromatic rings. The zero-order chi connectivity index (χ0) is 8.27. The lowest BCUT2D eigenvalue weighted by molar-refractivity contribution is -0.0938. The van der Waals surface area contributed by atoms with E-state index in [-0.39, 0.29) is 18.8 Å². The summed E-state index contributed by atoms with van der Waals surface area (Å²) in [5.74, 6) is 0. The first-order chi connectivity index (χ1) is 5.26. The van der Waals surface area contributed by atoms with Crippen molar-refractivity contribution in [3.05, 3.63) is 0 Å². The molecule has 0 bridgehead atoms. The fourth-order valence-electron chi connectivity index (χ4n) is 1.50. The normalized spacial score (nSPS) is 34.1. The molecule has 1 aliphatic heterocycles. The summed E-state index contributed by atoms with van der Waals surface area (Å²) in [4.78, 5) is 2.30. The van der Waals surface area contributed by atoms with E-state index in [0.29, 0.717) is 0 Å². The topological polar surface area (TPSA) is 32.7 Å². The maximum absolute atomic E-state index is 8.87. The molecule has 2 atom stereocenters. The molecule has 1 heterocycles. The molecule has 0 aromatic heterocycles. The number of ether oxygens (including phenoxy) is 1. The highest BCUT2D eigenvalue weighted by atomic mass is 16.5. The van der Waals surface area contributed by atoms with Crippen LogP contribution in [0, 0.1) is 0 Å². The van der Waals surface area contributed by atoms with Crippen LogP contribution in [0.5, 0.6) is 0 Å². The molecule has 0 spiro atoms. The third-order valence-corrected chi connectivity index (χ3v) is 2.05. The van der Waals surface area contributed by atoms with Gasteiger partial charge in [0.1, 0.15) is 0 Å². The second-order valence-electron chi connectivity index (χ2n) is 3.10. The highest BCUT2D eigenvalue weighted by Gasteiger charge is 2.22. The summed E-state index contributed by atoms with van der Waals surface area (Å²) in [6.07, 6.45) is 0.291. The molecule has 1 fully saturated rings. The van der Waals surface area contributed by atoms with Gasteiger partial charge in [-0.3, -0.25) is 4.90 Å². The van der Waals surface area contributed by atoms with Crippen LogP contribution in [0.4, 0.5) is 0 Å². The molecule has 0 unspecified atom stereocenters. The van der Waals surface area contributed by atoms with Gasteiger partial charge in [-0.2, -0.15) is 0 Å². The quantitative estimate of drug-likeness (QED) is 0.619. The standard InChI is InChI=1S/C8H17NO2/c1-3-9-4-7(2)11-8(5-9)6-10/h7-8,10H,3-6H2,1-2H3/t7-,8-/m1/s1. The van der Waals surface area contributed by atoms with Gasteiger partial charge in [-0.25, -0.2) is 0 Å². The highest BCUT2D eigenvalue weighted by molar-refractivity contribution is 4.73. The van der Waals surface area contributed by atoms with E-state index >= 15 is 0 Å². The second-order valence-corrected chi connectivity index (χ2v) is 3.10. The predicted molar refractivity (Wildman–Crippen MR) is 43.5 cm³/mol. The number of hydrogen-bond donors (Lipinski definition) is 1. The first-order valence-electron chi connectivity index (χ1n) is 4.25. The number of likely N-dealkylation sites (N-methyl/N-ethyl adjacent to an activating group) is 1. The van der Waals surface area contributed by atoms with Crippen molar-refractivity contribution < 1.29 is 9.84 Å². The predicted octanol–water partition coefficient (Wildman–Crippen LogP) is 0.0879. The van der Waals surface area contributed by atoms with Crippen molar-refractivity contribution in [2.75, 3.05) is 26.2 Å². The van der Waals surface area contributed by atoms with Crippen LogP contribution in [0.1, 0.15) is 13.8 Å². The van der Waals surface area contributed by atoms with Crippen molar-refractivity contribution in [2.24, 2.45) is 0 Å². The van der Waals surface area contributed by atoms with E-state index in [1.165, 1.54) is 0 Å². The molecule has 0 aromatic carbocycles. The summed E-state index contributed by atoms with van der Waals surface area (Å²) in [7, 11) is 0. The minimum Gasteiger partial charge on any atom is -0.394 e. The Balaban J connectivity index is 2.37. The molecule has 1 aliphatic rings. The third-order valence-electron chi connectivity index (χ3n) is 2.05. The SMILES string of the molecule is CCN1C[C@H](CO)O[C@H](C)C1. The van der Waals surface area contributed by atoms with Crippen molar-refractivity contribution in [2.45, 2.75) is 26.1 Å². The Hall–Kier alpha value is -0.120. The summed E-state index contributed by atoms with van der Waals surface area (Å²) in [6.45, 7) is 7.23. The molecule has 0 amide bonds. The zero-order valence-corrected chi connectivity index (χ0v) is 7.29. The number of aliphatic hydroxyl groups is 1. The summed E-state index contributed by atoms with van der Waals surface area (Å²) in [5, 5.41) is 8.87. The molecular weight excluding hydrogens is 142 g/mol. The molecular formula is C8H17NO2. The Morgan fingerprint density at radius 1 is 1.55 bits per heavy atom. The molecule has 66 valence electrons. The minimum atomic E-state index is 0.0266. The van der Waals surface area contributed by atoms with Crippen LogP contribution in [-0.4, -0.2) is 48.5 Å². The van der Waals surface area contributed by atoms with Gasteiger partial charge < -0.3 is 9.84 Å². The first kappa shape index (κ1) is 8.97. The molecule has 0 saturated carbocycles. The monoisotopic (exact) mass is 159 g/mol. The van der Waals surface area contributed by atoms with Crippen LogP contribution >= 0.6 is 0 Å². The molecule has 1 N–H and O–H groups in total. The Morgan fingerprint density at radius 3 is 2.82 bits per heavy atom. The highest BCUT2D eigenvalue weighted by Crippen LogP contribution is 2.09. The molecule has 3 heteroatoms. The van der Waals surface area contributed by atoms with E-state index in [0.717, 1.165) is 19.6 Å². The van der Waals surface area contributed by atoms with Crippen LogP contribution in [0.2, 0.25) is 0 Å². The first-order valence-corrected chi connectivity index (χ1v) is 4.25. The lowest BCUT2D eigenvalue weighted by Crippen LogP contribution is -2.47. The number of nitrogens with zero attached hydrogens (tertiary/aromatic N) is 1. The number of aliphatic hydroxyl groups excluding tert-OH is 1. The van der Waals surface area contributed by atoms with Crippen LogP contribution in [0.25, 0.3) is 0 Å². The minimum absolute atomic E-state index is 0.0266. The van der Waals surface area contributed by atoms with Gasteiger partial charge >= 0.3 is 0 Å². The summed E-state index contributed by atoms with van der Waals surface area (Å²) in [6, 6.07) is 0. The number of hydrogen-bond acceptors (Lipinski definition) is 3. The van der Waals surface area contributed by atoms with E-state index < -0.39 is 0 Å². The van der Waals surface area contributed by atoms with Gasteiger partial charge in [0, 0.05) is 13.1 Å². The van der Waals surface area contributed by atoms with Gasteiger partial charge in [0.25, 0.3) is 0 Å². The molecule has 1 saturated heterocycles. The lowest BCUT2D eigenvalue weighted by Gasteiger charge is -2.35. The van der Waals surface area contributed by atoms with Crippen LogP contribution in [0.3, 0.4) is 0 Å². The maximum atomic E-state index is 8.87. The summed E-state index contributed by atoms with van der Waals surface area (Å²) in [5.41, 5.74) is 0. The Morgan fingerprint density at radius 2 is 2.27 bits per heavy atom. The second kappa shape index (κ2) is 4.04. The van der Waals surface area contributed by atoms with E-state index in [1.54, 1.807) is 0 Å². The van der Waals surface area contributed by atoms with Gasteiger partial charge in [-0.15, -0.1) is 0 Å². The molecule has 3 nitrogen and oxygen atoms in total. The lowest BCUT2D eigenvalue weighted by atomic mass is 10.2. The zero-order valence-electron chi connectivity index (χ0n) is 7.29. The fourth-order valence-corrected chi connectivity index (χ4v) is 1.50. The van der Waals surface area contributed by atoms with Gasteiger partial charge in [0.2, 0.25) is 0 Å². The van der Waals surface area contributed by atoms with Crippen molar-refractivity contribution in [1.29, 1.82) is 0 Å². The van der Waals surface area contributed by atoms with Gasteiger partial charge in [-0.1, -0.05) is 6.92 Å². The molecule has 0 aliphatic carbocycles. The van der Waals surface area contributed by atoms with E-state index in [4.69, 9.17) is 9.84 Å². The van der Waals surface area contributed by atoms with Crippen molar-refractivity contribution in [3.8, 4) is 0 Å². The van der Waals surface area contributed by atoms with Gasteiger partial charge in [0.05, 0.1) is 18.8 Å². The largest absolute Gasteiger partial charge is 0.394 e. The van der Waals surface area contributed by atoms with E-state index in [1.807, 2.05) is 6.92 Å². The van der Waals surface area contributed by atoms with Gasteiger partial charge in [-0.05, 0) is 13.5 Å². The molecule has 11 heavy (non-hydrogen) atoms. The Kier molecular flexibility index (Phi) is 3.30. The number of rotatable bonds is 2.